The van der Waals surface area contributed by atoms with Gasteiger partial charge in [-0.1, -0.05) is 48.5 Å². The minimum absolute atomic E-state index is 0.0713. The van der Waals surface area contributed by atoms with Gasteiger partial charge in [-0.25, -0.2) is 13.0 Å². The van der Waals surface area contributed by atoms with Crippen molar-refractivity contribution in [2.24, 2.45) is 10.2 Å². The van der Waals surface area contributed by atoms with E-state index in [2.05, 4.69) is 33.0 Å². The Kier molecular flexibility index (Phi) is 6.17. The number of fused-ring (bicyclic) bond motifs is 7. The third kappa shape index (κ3) is 4.30. The van der Waals surface area contributed by atoms with Gasteiger partial charge in [-0.15, -0.1) is 0 Å². The van der Waals surface area contributed by atoms with Crippen molar-refractivity contribution in [3.05, 3.63) is 136 Å². The molecule has 0 aliphatic carbocycles. The maximum absolute atomic E-state index is 12.9. The van der Waals surface area contributed by atoms with Gasteiger partial charge in [0.25, 0.3) is 9.05 Å². The van der Waals surface area contributed by atoms with Crippen molar-refractivity contribution in [1.29, 1.82) is 0 Å². The van der Waals surface area contributed by atoms with Crippen LogP contribution in [0.15, 0.2) is 118 Å². The monoisotopic (exact) mass is 640 g/mol. The summed E-state index contributed by atoms with van der Waals surface area (Å²) < 4.78 is 35.3. The zero-order valence-electron chi connectivity index (χ0n) is 24.7. The molecule has 46 heavy (non-hydrogen) atoms. The number of rotatable bonds is 4. The molecule has 3 heterocycles. The number of benzene rings is 6. The molecule has 6 aromatic carbocycles. The summed E-state index contributed by atoms with van der Waals surface area (Å²) in [4.78, 5) is 0.0713. The van der Waals surface area contributed by atoms with E-state index in [1.165, 1.54) is 21.9 Å². The maximum Gasteiger partial charge on any atom is 0.261 e. The van der Waals surface area contributed by atoms with Crippen LogP contribution < -0.4 is 19.9 Å². The van der Waals surface area contributed by atoms with Crippen LogP contribution in [0.3, 0.4) is 0 Å². The second-order valence-corrected chi connectivity index (χ2v) is 14.6. The van der Waals surface area contributed by atoms with Gasteiger partial charge in [0, 0.05) is 67.3 Å². The summed E-state index contributed by atoms with van der Waals surface area (Å²) >= 11 is 0. The van der Waals surface area contributed by atoms with E-state index in [0.717, 1.165) is 82.0 Å². The summed E-state index contributed by atoms with van der Waals surface area (Å²) in [5.41, 5.74) is 6.36. The Morgan fingerprint density at radius 2 is 1.50 bits per heavy atom. The van der Waals surface area contributed by atoms with Crippen LogP contribution >= 0.6 is 10.7 Å². The quantitative estimate of drug-likeness (QED) is 0.113. The summed E-state index contributed by atoms with van der Waals surface area (Å²) in [6.45, 7) is 2.14. The molecule has 0 unspecified atom stereocenters. The molecule has 0 N–H and O–H groups in total. The van der Waals surface area contributed by atoms with Crippen LogP contribution in [0.2, 0.25) is 0 Å². The van der Waals surface area contributed by atoms with Crippen LogP contribution in [0.4, 0.5) is 11.4 Å². The standard InChI is InChI=1S/C38H27ClN3O3S/c39-46(43,44)34-11-5-4-9-30(34)35-31-14-12-23-21-26(41-40-25-7-2-1-3-8-25)13-15-27(23)37(31)45-38-32(35)17-16-28-29-10-6-19-42-20-18-24(36(29)42)22-33(28)38/h1-5,7-9,11-17,21-22H,6,10,18-20H2/q+1. The Labute approximate surface area is 270 Å². The van der Waals surface area contributed by atoms with Gasteiger partial charge in [-0.05, 0) is 71.8 Å². The molecule has 0 atom stereocenters. The van der Waals surface area contributed by atoms with Crippen molar-refractivity contribution >= 4 is 58.2 Å². The third-order valence-corrected chi connectivity index (χ3v) is 10.8. The molecule has 0 aromatic heterocycles. The van der Waals surface area contributed by atoms with E-state index in [1.54, 1.807) is 12.1 Å². The first-order valence-corrected chi connectivity index (χ1v) is 17.7. The molecule has 224 valence electrons. The van der Waals surface area contributed by atoms with Crippen LogP contribution in [0, 0.1) is 0 Å². The number of hydrogen-bond acceptors (Lipinski definition) is 5. The Morgan fingerprint density at radius 1 is 0.696 bits per heavy atom. The van der Waals surface area contributed by atoms with E-state index >= 15 is 0 Å². The van der Waals surface area contributed by atoms with Crippen LogP contribution in [0.1, 0.15) is 28.7 Å². The van der Waals surface area contributed by atoms with Crippen molar-refractivity contribution in [2.45, 2.75) is 24.2 Å². The van der Waals surface area contributed by atoms with Crippen molar-refractivity contribution in [1.82, 2.24) is 4.58 Å². The molecule has 0 bridgehead atoms. The molecule has 0 radical (unpaired) electrons. The number of ether oxygens (including phenoxy) is 1. The summed E-state index contributed by atoms with van der Waals surface area (Å²) in [5, 5.41) is 15.2. The van der Waals surface area contributed by atoms with Crippen LogP contribution in [0.5, 0.6) is 11.5 Å². The van der Waals surface area contributed by atoms with E-state index in [-0.39, 0.29) is 4.90 Å². The zero-order chi connectivity index (χ0) is 31.0. The topological polar surface area (TPSA) is 71.1 Å². The van der Waals surface area contributed by atoms with Gasteiger partial charge >= 0.3 is 0 Å². The number of aryl methyl sites for hydroxylation is 1. The van der Waals surface area contributed by atoms with Crippen LogP contribution in [0.25, 0.3) is 27.1 Å². The highest BCUT2D eigenvalue weighted by Gasteiger charge is 2.31. The molecule has 6 aromatic rings. The first-order valence-electron chi connectivity index (χ1n) is 15.4. The molecule has 0 saturated carbocycles. The number of halogens is 1. The molecule has 8 heteroatoms. The Bertz CT molecular complexity index is 2560. The SMILES string of the molecule is O=S(=O)(Cl)c1ccccc1C1=c2ccc3c4c5c(cc3c2Oc2c1ccc1cc(N=Nc3ccccc3)ccc21)CC[N+]=5CCC4. The van der Waals surface area contributed by atoms with E-state index in [1.807, 2.05) is 72.8 Å². The summed E-state index contributed by atoms with van der Waals surface area (Å²) in [7, 11) is 2.00. The lowest BCUT2D eigenvalue weighted by Gasteiger charge is -2.25. The van der Waals surface area contributed by atoms with Gasteiger partial charge in [0.1, 0.15) is 24.6 Å². The van der Waals surface area contributed by atoms with Gasteiger partial charge < -0.3 is 4.74 Å². The summed E-state index contributed by atoms with van der Waals surface area (Å²) in [6, 6.07) is 33.1. The van der Waals surface area contributed by atoms with Crippen molar-refractivity contribution in [3.8, 4) is 11.5 Å². The summed E-state index contributed by atoms with van der Waals surface area (Å²) in [6.07, 6.45) is 3.16. The molecular formula is C38H27ClN3O3S+. The molecule has 0 fully saturated rings. The lowest BCUT2D eigenvalue weighted by Crippen LogP contribution is -2.34. The lowest BCUT2D eigenvalue weighted by molar-refractivity contribution is 0.483. The summed E-state index contributed by atoms with van der Waals surface area (Å²) in [5.74, 6) is 1.42. The van der Waals surface area contributed by atoms with Crippen LogP contribution in [-0.4, -0.2) is 21.5 Å². The average Bonchev–Trinajstić information content (AvgIpc) is 3.50. The van der Waals surface area contributed by atoms with Crippen molar-refractivity contribution < 1.29 is 13.2 Å². The number of nitrogens with zero attached hydrogens (tertiary/aromatic N) is 3. The van der Waals surface area contributed by atoms with E-state index in [4.69, 9.17) is 15.4 Å². The lowest BCUT2D eigenvalue weighted by atomic mass is 9.88. The molecule has 9 rings (SSSR count). The van der Waals surface area contributed by atoms with Gasteiger partial charge in [0.15, 0.2) is 0 Å². The van der Waals surface area contributed by atoms with Gasteiger partial charge in [0.05, 0.1) is 16.3 Å². The molecular weight excluding hydrogens is 614 g/mol. The van der Waals surface area contributed by atoms with E-state index in [0.29, 0.717) is 11.3 Å². The highest BCUT2D eigenvalue weighted by molar-refractivity contribution is 8.13. The third-order valence-electron chi connectivity index (χ3n) is 9.40. The normalized spacial score (nSPS) is 15.2. The minimum Gasteiger partial charge on any atom is -0.455 e. The molecule has 0 spiro atoms. The predicted molar refractivity (Wildman–Crippen MR) is 182 cm³/mol. The largest absolute Gasteiger partial charge is 0.455 e. The van der Waals surface area contributed by atoms with Gasteiger partial charge in [-0.2, -0.15) is 10.2 Å². The van der Waals surface area contributed by atoms with Crippen molar-refractivity contribution in [3.63, 3.8) is 0 Å². The average molecular weight is 641 g/mol. The van der Waals surface area contributed by atoms with Gasteiger partial charge in [-0.3, -0.25) is 0 Å². The van der Waals surface area contributed by atoms with E-state index in [9.17, 15) is 8.42 Å². The minimum atomic E-state index is -4.04. The predicted octanol–water partition coefficient (Wildman–Crippen LogP) is 7.68. The first-order chi connectivity index (χ1) is 22.4. The Morgan fingerprint density at radius 3 is 2.37 bits per heavy atom. The van der Waals surface area contributed by atoms with E-state index < -0.39 is 9.05 Å². The molecule has 0 amide bonds. The molecule has 3 aliphatic heterocycles. The number of azo groups is 1. The zero-order valence-corrected chi connectivity index (χ0v) is 26.3. The van der Waals surface area contributed by atoms with Crippen molar-refractivity contribution in [2.75, 3.05) is 13.1 Å². The first kappa shape index (κ1) is 27.5. The Balaban J connectivity index is 1.33. The highest BCUT2D eigenvalue weighted by Crippen LogP contribution is 2.45. The second-order valence-electron chi connectivity index (χ2n) is 12.0. The fourth-order valence-corrected chi connectivity index (χ4v) is 8.52. The smallest absolute Gasteiger partial charge is 0.261 e. The fourth-order valence-electron chi connectivity index (χ4n) is 7.44. The maximum atomic E-state index is 12.9. The van der Waals surface area contributed by atoms with Crippen LogP contribution in [-0.2, 0) is 21.9 Å². The number of hydrogen-bond donors (Lipinski definition) is 0. The fraction of sp³-hybridized carbons (Fsp3) is 0.132. The second kappa shape index (κ2) is 10.3. The molecule has 6 nitrogen and oxygen atoms in total. The molecule has 0 saturated heterocycles. The van der Waals surface area contributed by atoms with Gasteiger partial charge in [0.2, 0.25) is 5.36 Å². The molecule has 3 aliphatic rings. The Hall–Kier alpha value is -4.85. The highest BCUT2D eigenvalue weighted by atomic mass is 35.7.